The van der Waals surface area contributed by atoms with Gasteiger partial charge in [0.2, 0.25) is 0 Å². The molecule has 2 nitrogen and oxygen atoms in total. The van der Waals surface area contributed by atoms with Gasteiger partial charge in [0.15, 0.2) is 0 Å². The molecule has 0 amide bonds. The lowest BCUT2D eigenvalue weighted by atomic mass is 10.0. The Kier molecular flexibility index (Phi) is 1.99. The molecule has 13 heavy (non-hydrogen) atoms. The number of fused-ring (bicyclic) bond motifs is 1. The fraction of sp³-hybridized carbons (Fsp3) is 0.182. The second-order valence-corrected chi connectivity index (χ2v) is 3.13. The van der Waals surface area contributed by atoms with E-state index in [2.05, 4.69) is 30.1 Å². The van der Waals surface area contributed by atoms with Crippen molar-refractivity contribution in [1.29, 1.82) is 0 Å². The normalized spacial score (nSPS) is 10.6. The van der Waals surface area contributed by atoms with Crippen molar-refractivity contribution in [3.63, 3.8) is 0 Å². The van der Waals surface area contributed by atoms with Gasteiger partial charge < -0.3 is 5.73 Å². The molecule has 2 aromatic rings. The molecular weight excluding hydrogens is 160 g/mol. The highest BCUT2D eigenvalue weighted by molar-refractivity contribution is 5.87. The lowest BCUT2D eigenvalue weighted by Crippen LogP contribution is -2.00. The molecule has 2 rings (SSSR count). The van der Waals surface area contributed by atoms with Crippen LogP contribution in [0, 0.1) is 6.92 Å². The van der Waals surface area contributed by atoms with Crippen molar-refractivity contribution >= 4 is 10.8 Å². The van der Waals surface area contributed by atoms with E-state index in [0.29, 0.717) is 6.54 Å². The molecule has 0 fully saturated rings. The zero-order valence-corrected chi connectivity index (χ0v) is 7.62. The van der Waals surface area contributed by atoms with E-state index in [0.717, 1.165) is 5.69 Å². The summed E-state index contributed by atoms with van der Waals surface area (Å²) in [5.74, 6) is 0. The quantitative estimate of drug-likeness (QED) is 0.714. The van der Waals surface area contributed by atoms with Crippen molar-refractivity contribution in [2.24, 2.45) is 5.73 Å². The predicted molar refractivity (Wildman–Crippen MR) is 54.4 cm³/mol. The molecule has 0 bridgehead atoms. The van der Waals surface area contributed by atoms with Crippen molar-refractivity contribution in [2.75, 3.05) is 0 Å². The van der Waals surface area contributed by atoms with Crippen LogP contribution in [0.2, 0.25) is 0 Å². The first-order valence-electron chi connectivity index (χ1n) is 4.36. The molecule has 0 saturated carbocycles. The van der Waals surface area contributed by atoms with Gasteiger partial charge in [-0.1, -0.05) is 18.2 Å². The molecule has 0 atom stereocenters. The van der Waals surface area contributed by atoms with Crippen LogP contribution in [0.1, 0.15) is 11.3 Å². The summed E-state index contributed by atoms with van der Waals surface area (Å²) in [6.07, 6.45) is 1.81. The minimum absolute atomic E-state index is 0.502. The summed E-state index contributed by atoms with van der Waals surface area (Å²) < 4.78 is 0. The van der Waals surface area contributed by atoms with Gasteiger partial charge in [-0.3, -0.25) is 4.98 Å². The third kappa shape index (κ3) is 1.29. The Morgan fingerprint density at radius 1 is 1.31 bits per heavy atom. The molecular formula is C11H12N2. The Morgan fingerprint density at radius 3 is 2.92 bits per heavy atom. The fourth-order valence-corrected chi connectivity index (χ4v) is 1.65. The van der Waals surface area contributed by atoms with Crippen LogP contribution in [-0.2, 0) is 6.54 Å². The maximum absolute atomic E-state index is 5.62. The van der Waals surface area contributed by atoms with Gasteiger partial charge in [0.1, 0.15) is 0 Å². The van der Waals surface area contributed by atoms with Gasteiger partial charge in [-0.15, -0.1) is 0 Å². The number of pyridine rings is 1. The Hall–Kier alpha value is -1.41. The highest BCUT2D eigenvalue weighted by Crippen LogP contribution is 2.20. The van der Waals surface area contributed by atoms with E-state index < -0.39 is 0 Å². The van der Waals surface area contributed by atoms with E-state index in [4.69, 9.17) is 5.73 Å². The monoisotopic (exact) mass is 172 g/mol. The molecule has 0 aliphatic carbocycles. The van der Waals surface area contributed by atoms with Crippen LogP contribution in [0.3, 0.4) is 0 Å². The van der Waals surface area contributed by atoms with Gasteiger partial charge in [-0.25, -0.2) is 0 Å². The Labute approximate surface area is 77.4 Å². The molecule has 1 heterocycles. The largest absolute Gasteiger partial charge is 0.325 e. The minimum atomic E-state index is 0.502. The maximum atomic E-state index is 5.62. The van der Waals surface area contributed by atoms with Gasteiger partial charge in [0.05, 0.1) is 5.69 Å². The molecule has 0 saturated heterocycles. The topological polar surface area (TPSA) is 38.9 Å². The van der Waals surface area contributed by atoms with E-state index in [-0.39, 0.29) is 0 Å². The van der Waals surface area contributed by atoms with Crippen LogP contribution < -0.4 is 5.73 Å². The van der Waals surface area contributed by atoms with Crippen molar-refractivity contribution in [2.45, 2.75) is 13.5 Å². The van der Waals surface area contributed by atoms with Crippen molar-refractivity contribution in [3.05, 3.63) is 41.7 Å². The summed E-state index contributed by atoms with van der Waals surface area (Å²) in [7, 11) is 0. The Bertz CT molecular complexity index is 430. The molecule has 0 unspecified atom stereocenters. The van der Waals surface area contributed by atoms with Gasteiger partial charge >= 0.3 is 0 Å². The standard InChI is InChI=1S/C11H12N2/c1-8-3-2-4-9-5-6-13-10(7-12)11(8)9/h2-6H,7,12H2,1H3. The number of hydrogen-bond donors (Lipinski definition) is 1. The van der Waals surface area contributed by atoms with E-state index in [1.807, 2.05) is 12.3 Å². The zero-order chi connectivity index (χ0) is 9.26. The predicted octanol–water partition coefficient (Wildman–Crippen LogP) is 2.00. The first-order chi connectivity index (χ1) is 6.33. The van der Waals surface area contributed by atoms with Crippen LogP contribution in [0.25, 0.3) is 10.8 Å². The summed E-state index contributed by atoms with van der Waals surface area (Å²) >= 11 is 0. The first-order valence-corrected chi connectivity index (χ1v) is 4.36. The molecule has 2 N–H and O–H groups in total. The average Bonchev–Trinajstić information content (AvgIpc) is 2.17. The van der Waals surface area contributed by atoms with Crippen molar-refractivity contribution < 1.29 is 0 Å². The number of aromatic nitrogens is 1. The Balaban J connectivity index is 2.87. The SMILES string of the molecule is Cc1cccc2ccnc(CN)c12. The van der Waals surface area contributed by atoms with Gasteiger partial charge in [-0.05, 0) is 23.9 Å². The van der Waals surface area contributed by atoms with Crippen LogP contribution in [0.15, 0.2) is 30.5 Å². The number of nitrogens with zero attached hydrogens (tertiary/aromatic N) is 1. The molecule has 66 valence electrons. The van der Waals surface area contributed by atoms with Gasteiger partial charge in [0, 0.05) is 18.1 Å². The number of aryl methyl sites for hydroxylation is 1. The van der Waals surface area contributed by atoms with E-state index in [1.165, 1.54) is 16.3 Å². The number of nitrogens with two attached hydrogens (primary N) is 1. The molecule has 1 aromatic heterocycles. The summed E-state index contributed by atoms with van der Waals surface area (Å²) in [4.78, 5) is 4.26. The van der Waals surface area contributed by atoms with Crippen LogP contribution in [-0.4, -0.2) is 4.98 Å². The van der Waals surface area contributed by atoms with Crippen LogP contribution >= 0.6 is 0 Å². The van der Waals surface area contributed by atoms with E-state index >= 15 is 0 Å². The summed E-state index contributed by atoms with van der Waals surface area (Å²) in [5, 5.41) is 2.42. The second kappa shape index (κ2) is 3.15. The smallest absolute Gasteiger partial charge is 0.0620 e. The summed E-state index contributed by atoms with van der Waals surface area (Å²) in [6.45, 7) is 2.59. The lowest BCUT2D eigenvalue weighted by molar-refractivity contribution is 1.01. The van der Waals surface area contributed by atoms with Crippen molar-refractivity contribution in [3.8, 4) is 0 Å². The zero-order valence-electron chi connectivity index (χ0n) is 7.62. The van der Waals surface area contributed by atoms with Gasteiger partial charge in [-0.2, -0.15) is 0 Å². The molecule has 2 heteroatoms. The summed E-state index contributed by atoms with van der Waals surface area (Å²) in [6, 6.07) is 8.24. The first kappa shape index (κ1) is 8.20. The molecule has 0 spiro atoms. The second-order valence-electron chi connectivity index (χ2n) is 3.13. The molecule has 0 radical (unpaired) electrons. The van der Waals surface area contributed by atoms with Crippen LogP contribution in [0.4, 0.5) is 0 Å². The van der Waals surface area contributed by atoms with Gasteiger partial charge in [0.25, 0.3) is 0 Å². The van der Waals surface area contributed by atoms with Crippen molar-refractivity contribution in [1.82, 2.24) is 4.98 Å². The fourth-order valence-electron chi connectivity index (χ4n) is 1.65. The molecule has 1 aromatic carbocycles. The third-order valence-electron chi connectivity index (χ3n) is 2.27. The maximum Gasteiger partial charge on any atom is 0.0620 e. The molecule has 0 aliphatic heterocycles. The number of benzene rings is 1. The van der Waals surface area contributed by atoms with E-state index in [9.17, 15) is 0 Å². The van der Waals surface area contributed by atoms with Crippen LogP contribution in [0.5, 0.6) is 0 Å². The lowest BCUT2D eigenvalue weighted by Gasteiger charge is -2.05. The minimum Gasteiger partial charge on any atom is -0.325 e. The number of rotatable bonds is 1. The highest BCUT2D eigenvalue weighted by atomic mass is 14.7. The highest BCUT2D eigenvalue weighted by Gasteiger charge is 2.01. The average molecular weight is 172 g/mol. The van der Waals surface area contributed by atoms with E-state index in [1.54, 1.807) is 0 Å². The number of hydrogen-bond acceptors (Lipinski definition) is 2. The third-order valence-corrected chi connectivity index (χ3v) is 2.27. The Morgan fingerprint density at radius 2 is 2.15 bits per heavy atom. The summed E-state index contributed by atoms with van der Waals surface area (Å²) in [5.41, 5.74) is 7.85. The molecule has 0 aliphatic rings.